The van der Waals surface area contributed by atoms with E-state index in [1.165, 1.54) is 5.43 Å². The van der Waals surface area contributed by atoms with Gasteiger partial charge < -0.3 is 4.74 Å². The second-order valence-corrected chi connectivity index (χ2v) is 3.43. The zero-order valence-corrected chi connectivity index (χ0v) is 9.16. The molecule has 1 amide bonds. The molecule has 1 aromatic rings. The highest BCUT2D eigenvalue weighted by Crippen LogP contribution is 2.15. The first-order chi connectivity index (χ1) is 8.06. The van der Waals surface area contributed by atoms with Gasteiger partial charge in [-0.05, 0) is 18.4 Å². The van der Waals surface area contributed by atoms with E-state index in [9.17, 15) is 13.6 Å². The molecule has 0 saturated carbocycles. The van der Waals surface area contributed by atoms with Crippen LogP contribution in [0.4, 0.5) is 8.78 Å². The second-order valence-electron chi connectivity index (χ2n) is 3.43. The molecule has 0 aliphatic carbocycles. The summed E-state index contributed by atoms with van der Waals surface area (Å²) in [7, 11) is 0. The SMILES string of the molecule is NNC(=O)C(F)(F)OCCCc1ccccc1. The van der Waals surface area contributed by atoms with E-state index in [4.69, 9.17) is 0 Å². The first-order valence-corrected chi connectivity index (χ1v) is 5.13. The number of hydrogen-bond donors (Lipinski definition) is 2. The minimum atomic E-state index is -3.87. The number of ether oxygens (including phenoxy) is 1. The van der Waals surface area contributed by atoms with E-state index in [2.05, 4.69) is 10.6 Å². The summed E-state index contributed by atoms with van der Waals surface area (Å²) in [6.45, 7) is -0.213. The molecule has 6 heteroatoms. The number of carbonyl (C=O) groups is 1. The van der Waals surface area contributed by atoms with Crippen molar-refractivity contribution in [3.8, 4) is 0 Å². The van der Waals surface area contributed by atoms with Crippen molar-refractivity contribution >= 4 is 5.91 Å². The molecule has 94 valence electrons. The average Bonchev–Trinajstić information content (AvgIpc) is 2.35. The van der Waals surface area contributed by atoms with E-state index < -0.39 is 12.0 Å². The Balaban J connectivity index is 2.27. The van der Waals surface area contributed by atoms with Crippen LogP contribution in [0, 0.1) is 0 Å². The van der Waals surface area contributed by atoms with Crippen LogP contribution in [0.3, 0.4) is 0 Å². The number of nitrogens with one attached hydrogen (secondary N) is 1. The maximum Gasteiger partial charge on any atom is 0.437 e. The van der Waals surface area contributed by atoms with E-state index in [0.717, 1.165) is 5.56 Å². The first-order valence-electron chi connectivity index (χ1n) is 5.13. The largest absolute Gasteiger partial charge is 0.437 e. The lowest BCUT2D eigenvalue weighted by molar-refractivity contribution is -0.231. The van der Waals surface area contributed by atoms with Crippen LogP contribution in [0.25, 0.3) is 0 Å². The third-order valence-electron chi connectivity index (χ3n) is 2.13. The van der Waals surface area contributed by atoms with Gasteiger partial charge in [0.2, 0.25) is 0 Å². The Labute approximate surface area is 97.7 Å². The van der Waals surface area contributed by atoms with Gasteiger partial charge in [-0.1, -0.05) is 30.3 Å². The predicted octanol–water partition coefficient (Wildman–Crippen LogP) is 1.22. The van der Waals surface area contributed by atoms with E-state index in [-0.39, 0.29) is 6.61 Å². The van der Waals surface area contributed by atoms with Crippen LogP contribution in [0.15, 0.2) is 30.3 Å². The summed E-state index contributed by atoms with van der Waals surface area (Å²) >= 11 is 0. The molecule has 0 spiro atoms. The number of halogens is 2. The third-order valence-corrected chi connectivity index (χ3v) is 2.13. The summed E-state index contributed by atoms with van der Waals surface area (Å²) in [5.74, 6) is 2.95. The molecule has 0 heterocycles. The second kappa shape index (κ2) is 6.27. The Hall–Kier alpha value is -1.53. The maximum atomic E-state index is 12.8. The lowest BCUT2D eigenvalue weighted by atomic mass is 10.1. The smallest absolute Gasteiger partial charge is 0.313 e. The highest BCUT2D eigenvalue weighted by Gasteiger charge is 2.39. The van der Waals surface area contributed by atoms with Gasteiger partial charge in [-0.2, -0.15) is 8.78 Å². The van der Waals surface area contributed by atoms with Crippen molar-refractivity contribution in [2.24, 2.45) is 5.84 Å². The van der Waals surface area contributed by atoms with Crippen LogP contribution in [0.2, 0.25) is 0 Å². The number of benzene rings is 1. The fourth-order valence-electron chi connectivity index (χ4n) is 1.27. The zero-order chi connectivity index (χ0) is 12.7. The number of aryl methyl sites for hydroxylation is 1. The monoisotopic (exact) mass is 244 g/mol. The molecular weight excluding hydrogens is 230 g/mol. The third kappa shape index (κ3) is 4.46. The highest BCUT2D eigenvalue weighted by atomic mass is 19.3. The van der Waals surface area contributed by atoms with Gasteiger partial charge in [0.15, 0.2) is 0 Å². The Kier molecular flexibility index (Phi) is 4.99. The molecule has 0 aliphatic rings. The van der Waals surface area contributed by atoms with Crippen LogP contribution in [-0.4, -0.2) is 18.6 Å². The van der Waals surface area contributed by atoms with Crippen molar-refractivity contribution in [2.75, 3.05) is 6.61 Å². The quantitative estimate of drug-likeness (QED) is 0.342. The average molecular weight is 244 g/mol. The first kappa shape index (κ1) is 13.5. The van der Waals surface area contributed by atoms with Gasteiger partial charge in [-0.3, -0.25) is 10.2 Å². The number of nitrogens with two attached hydrogens (primary N) is 1. The van der Waals surface area contributed by atoms with Gasteiger partial charge in [0.1, 0.15) is 0 Å². The van der Waals surface area contributed by atoms with Crippen LogP contribution in [-0.2, 0) is 16.0 Å². The molecule has 0 saturated heterocycles. The minimum absolute atomic E-state index is 0.213. The minimum Gasteiger partial charge on any atom is -0.313 e. The number of amides is 1. The summed E-state index contributed by atoms with van der Waals surface area (Å²) in [6.07, 6.45) is -2.86. The molecule has 0 unspecified atom stereocenters. The molecule has 1 rings (SSSR count). The van der Waals surface area contributed by atoms with Gasteiger partial charge in [0, 0.05) is 0 Å². The van der Waals surface area contributed by atoms with Crippen LogP contribution >= 0.6 is 0 Å². The fraction of sp³-hybridized carbons (Fsp3) is 0.364. The Morgan fingerprint density at radius 2 is 2.00 bits per heavy atom. The molecule has 0 radical (unpaired) electrons. The number of carbonyl (C=O) groups excluding carboxylic acids is 1. The van der Waals surface area contributed by atoms with E-state index in [1.807, 2.05) is 30.3 Å². The lowest BCUT2D eigenvalue weighted by Crippen LogP contribution is -2.45. The summed E-state index contributed by atoms with van der Waals surface area (Å²) in [4.78, 5) is 10.6. The summed E-state index contributed by atoms with van der Waals surface area (Å²) in [5.41, 5.74) is 2.38. The zero-order valence-electron chi connectivity index (χ0n) is 9.16. The number of rotatable bonds is 6. The normalized spacial score (nSPS) is 11.2. The number of hydrazine groups is 1. The summed E-state index contributed by atoms with van der Waals surface area (Å²) < 4.78 is 29.8. The molecule has 4 nitrogen and oxygen atoms in total. The Bertz CT molecular complexity index is 358. The molecule has 0 atom stereocenters. The van der Waals surface area contributed by atoms with E-state index in [0.29, 0.717) is 12.8 Å². The highest BCUT2D eigenvalue weighted by molar-refractivity contribution is 5.81. The molecule has 0 fully saturated rings. The molecule has 0 aromatic heterocycles. The number of alkyl halides is 2. The van der Waals surface area contributed by atoms with E-state index >= 15 is 0 Å². The van der Waals surface area contributed by atoms with Crippen molar-refractivity contribution in [1.82, 2.24) is 5.43 Å². The lowest BCUT2D eigenvalue weighted by Gasteiger charge is -2.14. The number of hydrogen-bond acceptors (Lipinski definition) is 3. The van der Waals surface area contributed by atoms with Crippen LogP contribution < -0.4 is 11.3 Å². The van der Waals surface area contributed by atoms with Gasteiger partial charge in [0.05, 0.1) is 6.61 Å². The summed E-state index contributed by atoms with van der Waals surface area (Å²) in [6, 6.07) is 9.40. The van der Waals surface area contributed by atoms with Crippen LogP contribution in [0.5, 0.6) is 0 Å². The predicted molar refractivity (Wildman–Crippen MR) is 58.0 cm³/mol. The molecule has 0 aliphatic heterocycles. The Morgan fingerprint density at radius 1 is 1.35 bits per heavy atom. The fourth-order valence-corrected chi connectivity index (χ4v) is 1.27. The van der Waals surface area contributed by atoms with Crippen molar-refractivity contribution in [3.63, 3.8) is 0 Å². The molecule has 1 aromatic carbocycles. The van der Waals surface area contributed by atoms with Crippen molar-refractivity contribution in [1.29, 1.82) is 0 Å². The van der Waals surface area contributed by atoms with Crippen molar-refractivity contribution in [2.45, 2.75) is 19.0 Å². The van der Waals surface area contributed by atoms with Gasteiger partial charge in [0.25, 0.3) is 0 Å². The molecule has 3 N–H and O–H groups in total. The summed E-state index contributed by atoms with van der Waals surface area (Å²) in [5, 5.41) is 0. The van der Waals surface area contributed by atoms with Crippen molar-refractivity contribution in [3.05, 3.63) is 35.9 Å². The van der Waals surface area contributed by atoms with Gasteiger partial charge >= 0.3 is 12.0 Å². The standard InChI is InChI=1S/C11H14F2N2O2/c12-11(13,10(16)15-14)17-8-4-7-9-5-2-1-3-6-9/h1-3,5-6H,4,7-8,14H2,(H,15,16). The topological polar surface area (TPSA) is 64.3 Å². The molecule has 17 heavy (non-hydrogen) atoms. The van der Waals surface area contributed by atoms with Gasteiger partial charge in [-0.15, -0.1) is 0 Å². The molecular formula is C11H14F2N2O2. The van der Waals surface area contributed by atoms with Crippen LogP contribution in [0.1, 0.15) is 12.0 Å². The Morgan fingerprint density at radius 3 is 2.59 bits per heavy atom. The van der Waals surface area contributed by atoms with Gasteiger partial charge in [-0.25, -0.2) is 5.84 Å². The van der Waals surface area contributed by atoms with E-state index in [1.54, 1.807) is 0 Å². The van der Waals surface area contributed by atoms with Crippen molar-refractivity contribution < 1.29 is 18.3 Å². The maximum absolute atomic E-state index is 12.8. The molecule has 0 bridgehead atoms.